The van der Waals surface area contributed by atoms with Crippen molar-refractivity contribution in [2.75, 3.05) is 26.4 Å². The van der Waals surface area contributed by atoms with Gasteiger partial charge in [0.1, 0.15) is 17.6 Å². The van der Waals surface area contributed by atoms with Gasteiger partial charge >= 0.3 is 11.9 Å². The molecule has 2 bridgehead atoms. The van der Waals surface area contributed by atoms with Crippen molar-refractivity contribution < 1.29 is 38.0 Å². The first-order valence-electron chi connectivity index (χ1n) is 10.6. The van der Waals surface area contributed by atoms with Crippen molar-refractivity contribution in [2.24, 2.45) is 17.3 Å². The number of nitriles is 2. The molecule has 4 aliphatic rings. The lowest BCUT2D eigenvalue weighted by atomic mass is 9.51. The second kappa shape index (κ2) is 9.29. The number of hydrogen-bond acceptors (Lipinski definition) is 10. The minimum atomic E-state index is -2.03. The Morgan fingerprint density at radius 2 is 1.66 bits per heavy atom. The van der Waals surface area contributed by atoms with Gasteiger partial charge in [-0.15, -0.1) is 0 Å². The van der Waals surface area contributed by atoms with E-state index in [0.717, 1.165) is 0 Å². The number of carbonyl (C=O) groups is 2. The Labute approximate surface area is 186 Å². The summed E-state index contributed by atoms with van der Waals surface area (Å²) < 4.78 is 33.9. The lowest BCUT2D eigenvalue weighted by molar-refractivity contribution is -0.321. The molecule has 0 aromatic heterocycles. The number of ether oxygens (including phenoxy) is 6. The molecule has 0 aromatic rings. The van der Waals surface area contributed by atoms with Gasteiger partial charge in [0.15, 0.2) is 17.7 Å². The van der Waals surface area contributed by atoms with E-state index in [9.17, 15) is 20.1 Å². The molecule has 10 nitrogen and oxygen atoms in total. The lowest BCUT2D eigenvalue weighted by Crippen LogP contribution is -2.72. The molecule has 6 atom stereocenters. The number of hydrogen-bond donors (Lipinski definition) is 0. The third kappa shape index (κ3) is 3.36. The minimum Gasteiger partial charge on any atom is -0.465 e. The van der Waals surface area contributed by atoms with Crippen molar-refractivity contribution in [3.63, 3.8) is 0 Å². The van der Waals surface area contributed by atoms with Gasteiger partial charge < -0.3 is 28.4 Å². The zero-order valence-electron chi connectivity index (χ0n) is 18.5. The normalized spacial score (nSPS) is 34.7. The first-order chi connectivity index (χ1) is 15.4. The van der Waals surface area contributed by atoms with E-state index in [1.54, 1.807) is 27.7 Å². The highest BCUT2D eigenvalue weighted by Crippen LogP contribution is 2.62. The van der Waals surface area contributed by atoms with Crippen molar-refractivity contribution in [1.82, 2.24) is 0 Å². The molecular weight excluding hydrogens is 420 g/mol. The summed E-state index contributed by atoms with van der Waals surface area (Å²) in [6, 6.07) is 3.94. The zero-order valence-corrected chi connectivity index (χ0v) is 18.5. The van der Waals surface area contributed by atoms with Crippen LogP contribution >= 0.6 is 0 Å². The fourth-order valence-corrected chi connectivity index (χ4v) is 4.71. The van der Waals surface area contributed by atoms with Gasteiger partial charge in [-0.1, -0.05) is 0 Å². The summed E-state index contributed by atoms with van der Waals surface area (Å²) in [6.45, 7) is 7.29. The summed E-state index contributed by atoms with van der Waals surface area (Å²) in [5.74, 6) is -3.51. The van der Waals surface area contributed by atoms with E-state index >= 15 is 0 Å². The van der Waals surface area contributed by atoms with Crippen molar-refractivity contribution in [3.05, 3.63) is 23.5 Å². The van der Waals surface area contributed by atoms with Crippen molar-refractivity contribution in [1.29, 1.82) is 10.5 Å². The summed E-state index contributed by atoms with van der Waals surface area (Å²) in [5, 5.41) is 19.9. The number of allylic oxidation sites excluding steroid dienone is 1. The van der Waals surface area contributed by atoms with Crippen LogP contribution in [0, 0.1) is 39.9 Å². The van der Waals surface area contributed by atoms with E-state index < -0.39 is 47.4 Å². The molecule has 0 amide bonds. The zero-order chi connectivity index (χ0) is 23.5. The van der Waals surface area contributed by atoms with Gasteiger partial charge in [-0.2, -0.15) is 10.5 Å². The van der Waals surface area contributed by atoms with Crippen LogP contribution in [0.5, 0.6) is 0 Å². The molecular formula is C22H26N2O8. The number of fused-ring (bicyclic) bond motifs is 1. The predicted octanol–water partition coefficient (Wildman–Crippen LogP) is 1.73. The largest absolute Gasteiger partial charge is 0.465 e. The molecule has 0 unspecified atom stereocenters. The van der Waals surface area contributed by atoms with Crippen LogP contribution in [0.1, 0.15) is 27.7 Å². The Kier molecular flexibility index (Phi) is 6.89. The quantitative estimate of drug-likeness (QED) is 0.507. The van der Waals surface area contributed by atoms with E-state index in [-0.39, 0.29) is 37.8 Å². The number of nitrogens with zero attached hydrogens (tertiary/aromatic N) is 2. The standard InChI is InChI=1S/C22H26N2O8/c1-5-27-17(25)14-10-21(12-24)22(20(26)30-8-4)9-13(11-23)31-19(29-7-3)16(22)15(14)18(32-21)28-6-2/h9-10,15-16,18-19H,5-8H2,1-4H3/t15-,16-,18+,19+,21+,22-/m1/s1. The van der Waals surface area contributed by atoms with Gasteiger partial charge in [0.2, 0.25) is 6.29 Å². The Balaban J connectivity index is 2.36. The second-order valence-electron chi connectivity index (χ2n) is 7.31. The van der Waals surface area contributed by atoms with Gasteiger partial charge in [-0.05, 0) is 39.8 Å². The molecule has 0 radical (unpaired) electrons. The Hall–Kier alpha value is -2.92. The van der Waals surface area contributed by atoms with Crippen molar-refractivity contribution >= 4 is 11.9 Å². The number of rotatable bonds is 8. The summed E-state index contributed by atoms with van der Waals surface area (Å²) >= 11 is 0. The van der Waals surface area contributed by atoms with Crippen LogP contribution in [0.15, 0.2) is 23.5 Å². The highest BCUT2D eigenvalue weighted by molar-refractivity contribution is 5.93. The van der Waals surface area contributed by atoms with Gasteiger partial charge in [0, 0.05) is 18.8 Å². The van der Waals surface area contributed by atoms with E-state index in [0.29, 0.717) is 0 Å². The molecule has 0 saturated carbocycles. The highest BCUT2D eigenvalue weighted by Gasteiger charge is 2.76. The maximum atomic E-state index is 13.5. The summed E-state index contributed by atoms with van der Waals surface area (Å²) in [4.78, 5) is 26.4. The third-order valence-electron chi connectivity index (χ3n) is 5.80. The smallest absolute Gasteiger partial charge is 0.334 e. The van der Waals surface area contributed by atoms with Crippen LogP contribution < -0.4 is 0 Å². The van der Waals surface area contributed by atoms with Gasteiger partial charge in [-0.3, -0.25) is 4.79 Å². The molecule has 0 N–H and O–H groups in total. The molecule has 1 fully saturated rings. The minimum absolute atomic E-state index is 0.0265. The molecule has 1 saturated heterocycles. The summed E-state index contributed by atoms with van der Waals surface area (Å²) in [6.07, 6.45) is 0.340. The molecule has 3 heterocycles. The molecule has 10 heteroatoms. The average Bonchev–Trinajstić information content (AvgIpc) is 2.79. The van der Waals surface area contributed by atoms with Crippen LogP contribution in [-0.4, -0.2) is 56.5 Å². The first kappa shape index (κ1) is 23.7. The van der Waals surface area contributed by atoms with E-state index in [4.69, 9.17) is 28.4 Å². The van der Waals surface area contributed by atoms with Crippen LogP contribution in [0.25, 0.3) is 0 Å². The Bertz CT molecular complexity index is 916. The van der Waals surface area contributed by atoms with Gasteiger partial charge in [-0.25, -0.2) is 4.79 Å². The fraction of sp³-hybridized carbons (Fsp3) is 0.636. The summed E-state index contributed by atoms with van der Waals surface area (Å²) in [7, 11) is 0. The monoisotopic (exact) mass is 446 g/mol. The molecule has 32 heavy (non-hydrogen) atoms. The molecule has 172 valence electrons. The highest BCUT2D eigenvalue weighted by atomic mass is 16.7. The van der Waals surface area contributed by atoms with E-state index in [1.807, 2.05) is 6.07 Å². The number of esters is 2. The number of carbonyl (C=O) groups excluding carboxylic acids is 2. The lowest BCUT2D eigenvalue weighted by Gasteiger charge is -2.60. The Morgan fingerprint density at radius 3 is 2.22 bits per heavy atom. The van der Waals surface area contributed by atoms with Crippen molar-refractivity contribution in [3.8, 4) is 12.1 Å². The second-order valence-corrected chi connectivity index (χ2v) is 7.31. The summed E-state index contributed by atoms with van der Waals surface area (Å²) in [5.41, 5.74) is -3.71. The van der Waals surface area contributed by atoms with E-state index in [1.165, 1.54) is 12.2 Å². The Morgan fingerprint density at radius 1 is 1.00 bits per heavy atom. The molecule has 0 spiro atoms. The predicted molar refractivity (Wildman–Crippen MR) is 106 cm³/mol. The van der Waals surface area contributed by atoms with Crippen LogP contribution in [0.4, 0.5) is 0 Å². The van der Waals surface area contributed by atoms with Crippen molar-refractivity contribution in [2.45, 2.75) is 45.9 Å². The third-order valence-corrected chi connectivity index (χ3v) is 5.80. The van der Waals surface area contributed by atoms with E-state index in [2.05, 4.69) is 6.07 Å². The topological polar surface area (TPSA) is 137 Å². The fourth-order valence-electron chi connectivity index (χ4n) is 4.71. The van der Waals surface area contributed by atoms with Crippen LogP contribution in [0.3, 0.4) is 0 Å². The van der Waals surface area contributed by atoms with Gasteiger partial charge in [0.05, 0.1) is 25.0 Å². The van der Waals surface area contributed by atoms with Crippen LogP contribution in [-0.2, 0) is 38.0 Å². The van der Waals surface area contributed by atoms with Crippen LogP contribution in [0.2, 0.25) is 0 Å². The SMILES string of the molecule is CCOC(=O)C1=C[C@@]2(C#N)O[C@H](OCC)[C@H]1[C@@H]1[C@@H](OCC)OC(C#N)=C[C@]12C(=O)OCC. The molecule has 1 aliphatic carbocycles. The molecule has 3 aliphatic heterocycles. The molecule has 0 aromatic carbocycles. The average molecular weight is 446 g/mol. The first-order valence-corrected chi connectivity index (χ1v) is 10.6. The molecule has 4 rings (SSSR count). The maximum absolute atomic E-state index is 13.5. The maximum Gasteiger partial charge on any atom is 0.334 e. The van der Waals surface area contributed by atoms with Gasteiger partial charge in [0.25, 0.3) is 0 Å².